The number of hydrogen-bond acceptors (Lipinski definition) is 2. The van der Waals surface area contributed by atoms with Gasteiger partial charge in [-0.3, -0.25) is 0 Å². The lowest BCUT2D eigenvalue weighted by Crippen LogP contribution is -2.29. The minimum atomic E-state index is -0.362. The first-order valence-corrected chi connectivity index (χ1v) is 5.19. The van der Waals surface area contributed by atoms with Crippen LogP contribution in [0.1, 0.15) is 18.1 Å². The number of aromatic hydroxyl groups is 1. The Bertz CT molecular complexity index is 349. The van der Waals surface area contributed by atoms with Gasteiger partial charge in [-0.1, -0.05) is 6.07 Å². The van der Waals surface area contributed by atoms with Gasteiger partial charge >= 0.3 is 0 Å². The van der Waals surface area contributed by atoms with Gasteiger partial charge in [-0.05, 0) is 43.1 Å². The second kappa shape index (κ2) is 3.44. The normalized spacial score (nSPS) is 26.7. The van der Waals surface area contributed by atoms with Gasteiger partial charge in [-0.2, -0.15) is 0 Å². The SMILES string of the molecule is CC1(Cl)CNCCc2cc(O)ccc21. The average molecular weight is 212 g/mol. The molecule has 1 heterocycles. The van der Waals surface area contributed by atoms with Gasteiger partial charge in [0.05, 0.1) is 4.87 Å². The number of alkyl halides is 1. The number of fused-ring (bicyclic) bond motifs is 1. The van der Waals surface area contributed by atoms with E-state index in [-0.39, 0.29) is 4.87 Å². The maximum atomic E-state index is 9.39. The molecule has 1 aromatic carbocycles. The topological polar surface area (TPSA) is 32.3 Å². The van der Waals surface area contributed by atoms with Crippen molar-refractivity contribution in [3.05, 3.63) is 29.3 Å². The predicted molar refractivity (Wildman–Crippen MR) is 57.9 cm³/mol. The van der Waals surface area contributed by atoms with E-state index in [2.05, 4.69) is 5.32 Å². The number of rotatable bonds is 0. The Hall–Kier alpha value is -0.730. The van der Waals surface area contributed by atoms with Gasteiger partial charge in [-0.15, -0.1) is 11.6 Å². The summed E-state index contributed by atoms with van der Waals surface area (Å²) in [6.07, 6.45) is 0.923. The van der Waals surface area contributed by atoms with E-state index in [9.17, 15) is 5.11 Å². The molecule has 1 unspecified atom stereocenters. The van der Waals surface area contributed by atoms with Crippen LogP contribution in [-0.4, -0.2) is 18.2 Å². The number of nitrogens with one attached hydrogen (secondary N) is 1. The van der Waals surface area contributed by atoms with Crippen molar-refractivity contribution in [2.24, 2.45) is 0 Å². The molecule has 76 valence electrons. The van der Waals surface area contributed by atoms with Crippen molar-refractivity contribution in [2.45, 2.75) is 18.2 Å². The van der Waals surface area contributed by atoms with Crippen LogP contribution in [0.4, 0.5) is 0 Å². The third-order valence-electron chi connectivity index (χ3n) is 2.68. The van der Waals surface area contributed by atoms with Crippen molar-refractivity contribution in [1.82, 2.24) is 5.32 Å². The van der Waals surface area contributed by atoms with Crippen molar-refractivity contribution in [2.75, 3.05) is 13.1 Å². The maximum Gasteiger partial charge on any atom is 0.115 e. The largest absolute Gasteiger partial charge is 0.508 e. The van der Waals surface area contributed by atoms with E-state index in [1.54, 1.807) is 6.07 Å². The van der Waals surface area contributed by atoms with Crippen molar-refractivity contribution < 1.29 is 5.11 Å². The summed E-state index contributed by atoms with van der Waals surface area (Å²) in [4.78, 5) is -0.362. The zero-order chi connectivity index (χ0) is 10.2. The van der Waals surface area contributed by atoms with Crippen LogP contribution < -0.4 is 5.32 Å². The molecule has 0 aromatic heterocycles. The van der Waals surface area contributed by atoms with Gasteiger partial charge in [0, 0.05) is 6.54 Å². The molecule has 0 spiro atoms. The molecule has 1 aromatic rings. The van der Waals surface area contributed by atoms with Crippen molar-refractivity contribution in [3.8, 4) is 5.75 Å². The quantitative estimate of drug-likeness (QED) is 0.644. The first-order valence-electron chi connectivity index (χ1n) is 4.81. The van der Waals surface area contributed by atoms with E-state index in [1.807, 2.05) is 19.1 Å². The van der Waals surface area contributed by atoms with Crippen molar-refractivity contribution in [1.29, 1.82) is 0 Å². The van der Waals surface area contributed by atoms with E-state index in [0.717, 1.165) is 30.6 Å². The van der Waals surface area contributed by atoms with Gasteiger partial charge in [0.2, 0.25) is 0 Å². The monoisotopic (exact) mass is 211 g/mol. The smallest absolute Gasteiger partial charge is 0.115 e. The maximum absolute atomic E-state index is 9.39. The molecular formula is C11H14ClNO. The number of halogens is 1. The van der Waals surface area contributed by atoms with E-state index >= 15 is 0 Å². The van der Waals surface area contributed by atoms with Crippen LogP contribution in [0, 0.1) is 0 Å². The number of phenolic OH excluding ortho intramolecular Hbond substituents is 1. The van der Waals surface area contributed by atoms with Crippen molar-refractivity contribution >= 4 is 11.6 Å². The van der Waals surface area contributed by atoms with Gasteiger partial charge in [0.1, 0.15) is 5.75 Å². The molecule has 0 radical (unpaired) electrons. The Morgan fingerprint density at radius 3 is 3.07 bits per heavy atom. The molecule has 14 heavy (non-hydrogen) atoms. The van der Waals surface area contributed by atoms with Crippen LogP contribution in [0.5, 0.6) is 5.75 Å². The van der Waals surface area contributed by atoms with Gasteiger partial charge in [0.25, 0.3) is 0 Å². The highest BCUT2D eigenvalue weighted by atomic mass is 35.5. The zero-order valence-electron chi connectivity index (χ0n) is 8.18. The highest BCUT2D eigenvalue weighted by Gasteiger charge is 2.27. The van der Waals surface area contributed by atoms with Crippen LogP contribution in [0.2, 0.25) is 0 Å². The number of hydrogen-bond donors (Lipinski definition) is 2. The first-order chi connectivity index (χ1) is 6.59. The first kappa shape index (κ1) is 9.81. The third-order valence-corrected chi connectivity index (χ3v) is 3.02. The van der Waals surface area contributed by atoms with Crippen LogP contribution in [0.15, 0.2) is 18.2 Å². The van der Waals surface area contributed by atoms with Crippen molar-refractivity contribution in [3.63, 3.8) is 0 Å². The fourth-order valence-electron chi connectivity index (χ4n) is 1.94. The highest BCUT2D eigenvalue weighted by molar-refractivity contribution is 6.24. The van der Waals surface area contributed by atoms with E-state index in [1.165, 1.54) is 0 Å². The van der Waals surface area contributed by atoms with E-state index in [4.69, 9.17) is 11.6 Å². The zero-order valence-corrected chi connectivity index (χ0v) is 8.93. The lowest BCUT2D eigenvalue weighted by Gasteiger charge is -2.22. The van der Waals surface area contributed by atoms with Crippen LogP contribution >= 0.6 is 11.6 Å². The fraction of sp³-hybridized carbons (Fsp3) is 0.455. The Morgan fingerprint density at radius 1 is 1.50 bits per heavy atom. The van der Waals surface area contributed by atoms with Gasteiger partial charge < -0.3 is 10.4 Å². The summed E-state index contributed by atoms with van der Waals surface area (Å²) in [5, 5.41) is 12.7. The minimum Gasteiger partial charge on any atom is -0.508 e. The lowest BCUT2D eigenvalue weighted by atomic mass is 9.94. The summed E-state index contributed by atoms with van der Waals surface area (Å²) in [7, 11) is 0. The van der Waals surface area contributed by atoms with E-state index in [0.29, 0.717) is 5.75 Å². The molecular weight excluding hydrogens is 198 g/mol. The summed E-state index contributed by atoms with van der Waals surface area (Å²) < 4.78 is 0. The third kappa shape index (κ3) is 1.72. The van der Waals surface area contributed by atoms with Crippen LogP contribution in [0.25, 0.3) is 0 Å². The molecule has 2 rings (SSSR count). The Balaban J connectivity index is 2.50. The fourth-order valence-corrected chi connectivity index (χ4v) is 2.22. The molecule has 2 N–H and O–H groups in total. The molecule has 3 heteroatoms. The molecule has 0 fully saturated rings. The van der Waals surface area contributed by atoms with E-state index < -0.39 is 0 Å². The average Bonchev–Trinajstić information content (AvgIpc) is 2.25. The highest BCUT2D eigenvalue weighted by Crippen LogP contribution is 2.33. The molecule has 2 nitrogen and oxygen atoms in total. The summed E-state index contributed by atoms with van der Waals surface area (Å²) in [5.41, 5.74) is 2.27. The molecule has 1 aliphatic rings. The van der Waals surface area contributed by atoms with Gasteiger partial charge in [0.15, 0.2) is 0 Å². The Kier molecular flexibility index (Phi) is 2.41. The van der Waals surface area contributed by atoms with Crippen LogP contribution in [-0.2, 0) is 11.3 Å². The second-order valence-electron chi connectivity index (χ2n) is 3.97. The van der Waals surface area contributed by atoms with Gasteiger partial charge in [-0.25, -0.2) is 0 Å². The minimum absolute atomic E-state index is 0.318. The molecule has 1 atom stereocenters. The molecule has 0 saturated carbocycles. The molecule has 0 bridgehead atoms. The molecule has 0 saturated heterocycles. The summed E-state index contributed by atoms with van der Waals surface area (Å²) >= 11 is 6.42. The van der Waals surface area contributed by atoms with Crippen LogP contribution in [0.3, 0.4) is 0 Å². The Morgan fingerprint density at radius 2 is 2.29 bits per heavy atom. The second-order valence-corrected chi connectivity index (χ2v) is 4.80. The summed E-state index contributed by atoms with van der Waals surface area (Å²) in [6.45, 7) is 3.69. The molecule has 0 aliphatic carbocycles. The summed E-state index contributed by atoms with van der Waals surface area (Å²) in [5.74, 6) is 0.318. The standard InChI is InChI=1S/C11H14ClNO/c1-11(12)7-13-5-4-8-6-9(14)2-3-10(8)11/h2-3,6,13-14H,4-5,7H2,1H3. The molecule has 1 aliphatic heterocycles. The number of benzene rings is 1. The molecule has 0 amide bonds. The Labute approximate surface area is 88.9 Å². The lowest BCUT2D eigenvalue weighted by molar-refractivity contribution is 0.474. The number of phenols is 1. The predicted octanol–water partition coefficient (Wildman–Crippen LogP) is 1.99. The summed E-state index contributed by atoms with van der Waals surface area (Å²) in [6, 6.07) is 5.43.